The molecule has 33 heavy (non-hydrogen) atoms. The first-order valence-electron chi connectivity index (χ1n) is 11.2. The maximum atomic E-state index is 10.4. The van der Waals surface area contributed by atoms with Crippen LogP contribution in [0.5, 0.6) is 0 Å². The Labute approximate surface area is 201 Å². The largest absolute Gasteiger partial charge is 0.372 e. The standard InChI is InChI=1S/C19H25NS.C7H7NO.CH3NO/c1-19(2,3)20-21-18-9-5-7-16-15(6-4-8-17(16)18)13-12-14-10-11-14;8-7(9)6-4-2-1-3-5-6;2-1-3/h4-9,14,20H,10-13H2,1-3H3;1-5H,(H2,8,9);1H,(H2,2,3). The van der Waals surface area contributed by atoms with E-state index in [1.165, 1.54) is 46.9 Å². The van der Waals surface area contributed by atoms with E-state index in [9.17, 15) is 4.79 Å². The van der Waals surface area contributed by atoms with Crippen molar-refractivity contribution in [1.82, 2.24) is 4.72 Å². The molecule has 3 aromatic rings. The number of aryl methyl sites for hydroxylation is 1. The third kappa shape index (κ3) is 9.68. The molecule has 1 aliphatic rings. The molecule has 0 radical (unpaired) electrons. The molecule has 0 saturated heterocycles. The SMILES string of the molecule is CC(C)(C)NSc1cccc2c(CCC3CC3)cccc12.NC(=O)c1ccccc1.NC=O. The van der Waals surface area contributed by atoms with Crippen LogP contribution >= 0.6 is 11.9 Å². The summed E-state index contributed by atoms with van der Waals surface area (Å²) in [5.74, 6) is 0.621. The van der Waals surface area contributed by atoms with Gasteiger partial charge in [0.1, 0.15) is 0 Å². The van der Waals surface area contributed by atoms with Gasteiger partial charge in [-0.05, 0) is 86.0 Å². The number of benzene rings is 3. The number of nitrogens with one attached hydrogen (secondary N) is 1. The van der Waals surface area contributed by atoms with Crippen molar-refractivity contribution in [2.24, 2.45) is 17.4 Å². The fourth-order valence-electron chi connectivity index (χ4n) is 3.23. The molecule has 5 N–H and O–H groups in total. The lowest BCUT2D eigenvalue weighted by Crippen LogP contribution is -2.29. The van der Waals surface area contributed by atoms with Crippen LogP contribution in [0, 0.1) is 5.92 Å². The lowest BCUT2D eigenvalue weighted by molar-refractivity contribution is -0.106. The van der Waals surface area contributed by atoms with Crippen LogP contribution in [0.1, 0.15) is 56.0 Å². The van der Waals surface area contributed by atoms with E-state index in [0.29, 0.717) is 5.56 Å². The van der Waals surface area contributed by atoms with E-state index in [1.807, 2.05) is 6.07 Å². The van der Waals surface area contributed by atoms with Gasteiger partial charge in [-0.3, -0.25) is 14.3 Å². The third-order valence-corrected chi connectivity index (χ3v) is 6.31. The molecule has 0 unspecified atom stereocenters. The fourth-order valence-corrected chi connectivity index (χ4v) is 4.08. The van der Waals surface area contributed by atoms with Gasteiger partial charge >= 0.3 is 0 Å². The summed E-state index contributed by atoms with van der Waals surface area (Å²) in [4.78, 5) is 20.3. The highest BCUT2D eigenvalue weighted by Gasteiger charge is 2.21. The van der Waals surface area contributed by atoms with E-state index in [4.69, 9.17) is 10.5 Å². The van der Waals surface area contributed by atoms with Gasteiger partial charge in [0.05, 0.1) is 0 Å². The first-order chi connectivity index (χ1) is 15.7. The number of hydrogen-bond donors (Lipinski definition) is 3. The van der Waals surface area contributed by atoms with E-state index in [2.05, 4.69) is 67.6 Å². The maximum Gasteiger partial charge on any atom is 0.248 e. The summed E-state index contributed by atoms with van der Waals surface area (Å²) < 4.78 is 3.53. The monoisotopic (exact) mass is 465 g/mol. The molecule has 5 nitrogen and oxygen atoms in total. The van der Waals surface area contributed by atoms with Crippen molar-refractivity contribution in [3.05, 3.63) is 77.9 Å². The van der Waals surface area contributed by atoms with Crippen LogP contribution in [0.4, 0.5) is 0 Å². The fraction of sp³-hybridized carbons (Fsp3) is 0.333. The Balaban J connectivity index is 0.000000267. The molecule has 4 rings (SSSR count). The van der Waals surface area contributed by atoms with Gasteiger partial charge in [0.25, 0.3) is 0 Å². The van der Waals surface area contributed by atoms with Crippen LogP contribution in [0.15, 0.2) is 71.6 Å². The highest BCUT2D eigenvalue weighted by Crippen LogP contribution is 2.35. The molecular formula is C27H35N3O2S. The predicted molar refractivity (Wildman–Crippen MR) is 139 cm³/mol. The van der Waals surface area contributed by atoms with Gasteiger partial charge < -0.3 is 11.5 Å². The van der Waals surface area contributed by atoms with Gasteiger partial charge in [-0.15, -0.1) is 0 Å². The molecule has 0 aromatic heterocycles. The molecule has 6 heteroatoms. The molecular weight excluding hydrogens is 430 g/mol. The number of primary amides is 2. The second-order valence-corrected chi connectivity index (χ2v) is 9.92. The Morgan fingerprint density at radius 3 is 2.15 bits per heavy atom. The number of hydrogen-bond acceptors (Lipinski definition) is 4. The lowest BCUT2D eigenvalue weighted by Gasteiger charge is -2.20. The minimum absolute atomic E-state index is 0.121. The van der Waals surface area contributed by atoms with E-state index in [1.54, 1.807) is 36.2 Å². The molecule has 0 heterocycles. The van der Waals surface area contributed by atoms with Gasteiger partial charge in [0.2, 0.25) is 12.3 Å². The van der Waals surface area contributed by atoms with E-state index in [0.717, 1.165) is 5.92 Å². The van der Waals surface area contributed by atoms with E-state index in [-0.39, 0.29) is 17.9 Å². The molecule has 0 spiro atoms. The number of amides is 2. The second-order valence-electron chi connectivity index (χ2n) is 9.07. The Kier molecular flexibility index (Phi) is 10.4. The van der Waals surface area contributed by atoms with Crippen LogP contribution < -0.4 is 16.2 Å². The van der Waals surface area contributed by atoms with Crippen LogP contribution in [0.25, 0.3) is 10.8 Å². The minimum atomic E-state index is -0.379. The quantitative estimate of drug-likeness (QED) is 0.332. The van der Waals surface area contributed by atoms with Crippen molar-refractivity contribution in [3.8, 4) is 0 Å². The average molecular weight is 466 g/mol. The van der Waals surface area contributed by atoms with Gasteiger partial charge in [0.15, 0.2) is 0 Å². The van der Waals surface area contributed by atoms with E-state index < -0.39 is 0 Å². The maximum absolute atomic E-state index is 10.4. The van der Waals surface area contributed by atoms with Crippen molar-refractivity contribution >= 4 is 35.0 Å². The summed E-state index contributed by atoms with van der Waals surface area (Å²) in [6.45, 7) is 6.60. The van der Waals surface area contributed by atoms with Crippen LogP contribution in [-0.4, -0.2) is 17.9 Å². The average Bonchev–Trinajstić information content (AvgIpc) is 3.62. The van der Waals surface area contributed by atoms with Crippen LogP contribution in [0.2, 0.25) is 0 Å². The third-order valence-electron chi connectivity index (χ3n) is 5.02. The predicted octanol–water partition coefficient (Wildman–Crippen LogP) is 5.46. The van der Waals surface area contributed by atoms with Crippen LogP contribution in [-0.2, 0) is 11.2 Å². The smallest absolute Gasteiger partial charge is 0.248 e. The zero-order valence-electron chi connectivity index (χ0n) is 19.7. The Bertz CT molecular complexity index is 1030. The van der Waals surface area contributed by atoms with Crippen molar-refractivity contribution in [3.63, 3.8) is 0 Å². The highest BCUT2D eigenvalue weighted by molar-refractivity contribution is 7.97. The number of rotatable bonds is 6. The summed E-state index contributed by atoms with van der Waals surface area (Å²) in [6.07, 6.45) is 5.72. The van der Waals surface area contributed by atoms with Gasteiger partial charge in [-0.1, -0.05) is 61.4 Å². The first kappa shape index (κ1) is 26.4. The molecule has 1 fully saturated rings. The van der Waals surface area contributed by atoms with Crippen molar-refractivity contribution in [2.45, 2.75) is 56.9 Å². The molecule has 0 atom stereocenters. The van der Waals surface area contributed by atoms with Gasteiger partial charge in [0, 0.05) is 16.0 Å². The molecule has 176 valence electrons. The summed E-state index contributed by atoms with van der Waals surface area (Å²) in [6, 6.07) is 22.2. The molecule has 2 amide bonds. The minimum Gasteiger partial charge on any atom is -0.372 e. The summed E-state index contributed by atoms with van der Waals surface area (Å²) in [7, 11) is 0. The highest BCUT2D eigenvalue weighted by atomic mass is 32.2. The zero-order valence-corrected chi connectivity index (χ0v) is 20.5. The lowest BCUT2D eigenvalue weighted by atomic mass is 10.00. The normalized spacial score (nSPS) is 12.7. The summed E-state index contributed by atoms with van der Waals surface area (Å²) in [5, 5.41) is 2.81. The van der Waals surface area contributed by atoms with Crippen molar-refractivity contribution < 1.29 is 9.59 Å². The number of carbonyl (C=O) groups is 2. The Hall–Kier alpha value is -2.83. The first-order valence-corrected chi connectivity index (χ1v) is 12.0. The Morgan fingerprint density at radius 2 is 1.61 bits per heavy atom. The molecule has 1 aliphatic carbocycles. The molecule has 0 aliphatic heterocycles. The second kappa shape index (κ2) is 13.0. The number of carbonyl (C=O) groups excluding carboxylic acids is 2. The Morgan fingerprint density at radius 1 is 1.00 bits per heavy atom. The summed E-state index contributed by atoms with van der Waals surface area (Å²) >= 11 is 1.75. The number of nitrogens with two attached hydrogens (primary N) is 2. The topological polar surface area (TPSA) is 98.2 Å². The van der Waals surface area contributed by atoms with Crippen LogP contribution in [0.3, 0.4) is 0 Å². The van der Waals surface area contributed by atoms with Crippen molar-refractivity contribution in [1.29, 1.82) is 0 Å². The zero-order chi connectivity index (χ0) is 24.3. The molecule has 0 bridgehead atoms. The summed E-state index contributed by atoms with van der Waals surface area (Å²) in [5.41, 5.74) is 11.3. The molecule has 1 saturated carbocycles. The van der Waals surface area contributed by atoms with Crippen molar-refractivity contribution in [2.75, 3.05) is 0 Å². The molecule has 3 aromatic carbocycles. The van der Waals surface area contributed by atoms with Gasteiger partial charge in [-0.2, -0.15) is 0 Å². The van der Waals surface area contributed by atoms with E-state index >= 15 is 0 Å². The number of fused-ring (bicyclic) bond motifs is 1. The van der Waals surface area contributed by atoms with Gasteiger partial charge in [-0.25, -0.2) is 0 Å².